The van der Waals surface area contributed by atoms with Crippen LogP contribution in [-0.4, -0.2) is 40.6 Å². The molecule has 0 saturated carbocycles. The number of carbonyl (C=O) groups excluding carboxylic acids is 1. The molecule has 112 valence electrons. The fraction of sp³-hybridized carbons (Fsp3) is 0.786. The summed E-state index contributed by atoms with van der Waals surface area (Å²) >= 11 is 0. The van der Waals surface area contributed by atoms with E-state index < -0.39 is 0 Å². The van der Waals surface area contributed by atoms with E-state index in [1.165, 1.54) is 0 Å². The molecule has 0 radical (unpaired) electrons. The largest absolute Gasteiger partial charge is 0.339 e. The normalized spacial score (nSPS) is 18.7. The van der Waals surface area contributed by atoms with Crippen molar-refractivity contribution in [3.05, 3.63) is 11.7 Å². The van der Waals surface area contributed by atoms with Gasteiger partial charge in [0, 0.05) is 19.5 Å². The number of aromatic nitrogens is 2. The van der Waals surface area contributed by atoms with Crippen molar-refractivity contribution in [2.24, 2.45) is 11.8 Å². The van der Waals surface area contributed by atoms with Crippen LogP contribution >= 0.6 is 0 Å². The van der Waals surface area contributed by atoms with Crippen LogP contribution < -0.4 is 5.32 Å². The highest BCUT2D eigenvalue weighted by Gasteiger charge is 2.27. The molecule has 6 nitrogen and oxygen atoms in total. The van der Waals surface area contributed by atoms with Crippen LogP contribution in [-0.2, 0) is 17.8 Å². The van der Waals surface area contributed by atoms with Crippen molar-refractivity contribution >= 4 is 5.91 Å². The number of rotatable bonds is 6. The van der Waals surface area contributed by atoms with Gasteiger partial charge in [-0.25, -0.2) is 0 Å². The molecule has 0 spiro atoms. The van der Waals surface area contributed by atoms with Crippen molar-refractivity contribution in [1.29, 1.82) is 0 Å². The molecule has 2 heterocycles. The molecule has 1 amide bonds. The minimum absolute atomic E-state index is 0.0944. The van der Waals surface area contributed by atoms with Gasteiger partial charge in [0.25, 0.3) is 0 Å². The summed E-state index contributed by atoms with van der Waals surface area (Å²) in [5.74, 6) is 2.02. The van der Waals surface area contributed by atoms with Gasteiger partial charge in [0.05, 0.1) is 12.5 Å². The van der Waals surface area contributed by atoms with Crippen LogP contribution in [0.15, 0.2) is 4.52 Å². The van der Waals surface area contributed by atoms with E-state index in [9.17, 15) is 4.79 Å². The first-order chi connectivity index (χ1) is 9.60. The van der Waals surface area contributed by atoms with Crippen molar-refractivity contribution in [2.75, 3.05) is 19.6 Å². The van der Waals surface area contributed by atoms with E-state index in [0.29, 0.717) is 30.7 Å². The predicted molar refractivity (Wildman–Crippen MR) is 74.9 cm³/mol. The second-order valence-corrected chi connectivity index (χ2v) is 5.74. The Bertz CT molecular complexity index is 438. The summed E-state index contributed by atoms with van der Waals surface area (Å²) in [4.78, 5) is 18.5. The average molecular weight is 280 g/mol. The van der Waals surface area contributed by atoms with Crippen LogP contribution in [0, 0.1) is 11.8 Å². The average Bonchev–Trinajstić information content (AvgIpc) is 3.05. The van der Waals surface area contributed by atoms with Crippen molar-refractivity contribution < 1.29 is 9.32 Å². The van der Waals surface area contributed by atoms with Gasteiger partial charge in [-0.15, -0.1) is 0 Å². The van der Waals surface area contributed by atoms with Crippen molar-refractivity contribution in [3.8, 4) is 0 Å². The maximum absolute atomic E-state index is 12.4. The molecule has 20 heavy (non-hydrogen) atoms. The van der Waals surface area contributed by atoms with Gasteiger partial charge >= 0.3 is 0 Å². The molecule has 0 aliphatic carbocycles. The Balaban J connectivity index is 1.95. The zero-order valence-electron chi connectivity index (χ0n) is 12.6. The maximum atomic E-state index is 12.4. The second-order valence-electron chi connectivity index (χ2n) is 5.74. The third kappa shape index (κ3) is 3.79. The van der Waals surface area contributed by atoms with Gasteiger partial charge in [0.1, 0.15) is 0 Å². The number of hydrogen-bond acceptors (Lipinski definition) is 5. The summed E-state index contributed by atoms with van der Waals surface area (Å²) in [7, 11) is 0. The molecule has 2 rings (SSSR count). The maximum Gasteiger partial charge on any atom is 0.227 e. The summed E-state index contributed by atoms with van der Waals surface area (Å²) in [5, 5.41) is 7.19. The first kappa shape index (κ1) is 15.0. The Morgan fingerprint density at radius 1 is 1.55 bits per heavy atom. The zero-order chi connectivity index (χ0) is 14.5. The quantitative estimate of drug-likeness (QED) is 0.848. The van der Waals surface area contributed by atoms with Crippen molar-refractivity contribution in [2.45, 2.75) is 40.2 Å². The molecule has 0 unspecified atom stereocenters. The predicted octanol–water partition coefficient (Wildman–Crippen LogP) is 1.23. The number of hydrogen-bond donors (Lipinski definition) is 1. The van der Waals surface area contributed by atoms with Crippen LogP contribution in [0.4, 0.5) is 0 Å². The molecule has 6 heteroatoms. The molecular formula is C14H24N4O2. The van der Waals surface area contributed by atoms with E-state index in [-0.39, 0.29) is 11.8 Å². The molecule has 1 aliphatic rings. The summed E-state index contributed by atoms with van der Waals surface area (Å²) in [6.07, 6.45) is 1.69. The van der Waals surface area contributed by atoms with Gasteiger partial charge in [0.15, 0.2) is 5.82 Å². The minimum Gasteiger partial charge on any atom is -0.339 e. The number of nitrogens with one attached hydrogen (secondary N) is 1. The van der Waals surface area contributed by atoms with Gasteiger partial charge in [-0.3, -0.25) is 4.79 Å². The van der Waals surface area contributed by atoms with Gasteiger partial charge < -0.3 is 14.7 Å². The summed E-state index contributed by atoms with van der Waals surface area (Å²) in [5.41, 5.74) is 0. The van der Waals surface area contributed by atoms with Crippen LogP contribution in [0.2, 0.25) is 0 Å². The minimum atomic E-state index is 0.0944. The summed E-state index contributed by atoms with van der Waals surface area (Å²) < 4.78 is 5.21. The van der Waals surface area contributed by atoms with Gasteiger partial charge in [-0.05, 0) is 25.8 Å². The van der Waals surface area contributed by atoms with Crippen LogP contribution in [0.1, 0.15) is 38.9 Å². The topological polar surface area (TPSA) is 71.3 Å². The SMILES string of the molecule is CCN(Cc1noc(CC(C)C)n1)C(=O)[C@H]1CCNC1. The molecule has 1 aromatic rings. The van der Waals surface area contributed by atoms with Crippen LogP contribution in [0.5, 0.6) is 0 Å². The lowest BCUT2D eigenvalue weighted by Gasteiger charge is -2.22. The lowest BCUT2D eigenvalue weighted by Crippen LogP contribution is -2.36. The molecule has 1 atom stereocenters. The van der Waals surface area contributed by atoms with Crippen molar-refractivity contribution in [1.82, 2.24) is 20.4 Å². The Labute approximate surface area is 119 Å². The molecular weight excluding hydrogens is 256 g/mol. The molecule has 1 saturated heterocycles. The molecule has 0 bridgehead atoms. The van der Waals surface area contributed by atoms with E-state index in [0.717, 1.165) is 25.9 Å². The summed E-state index contributed by atoms with van der Waals surface area (Å²) in [6, 6.07) is 0. The third-order valence-corrected chi connectivity index (χ3v) is 3.53. The third-order valence-electron chi connectivity index (χ3n) is 3.53. The van der Waals surface area contributed by atoms with E-state index in [1.807, 2.05) is 11.8 Å². The Hall–Kier alpha value is -1.43. The van der Waals surface area contributed by atoms with Crippen molar-refractivity contribution in [3.63, 3.8) is 0 Å². The summed E-state index contributed by atoms with van der Waals surface area (Å²) in [6.45, 7) is 9.01. The molecule has 0 aromatic carbocycles. The monoisotopic (exact) mass is 280 g/mol. The highest BCUT2D eigenvalue weighted by Crippen LogP contribution is 2.14. The molecule has 1 aromatic heterocycles. The van der Waals surface area contributed by atoms with Crippen LogP contribution in [0.3, 0.4) is 0 Å². The van der Waals surface area contributed by atoms with Gasteiger partial charge in [-0.2, -0.15) is 4.98 Å². The highest BCUT2D eigenvalue weighted by atomic mass is 16.5. The molecule has 1 fully saturated rings. The Morgan fingerprint density at radius 2 is 2.35 bits per heavy atom. The standard InChI is InChI=1S/C14H24N4O2/c1-4-18(14(19)11-5-6-15-8-11)9-12-16-13(20-17-12)7-10(2)3/h10-11,15H,4-9H2,1-3H3/t11-/m0/s1. The van der Waals surface area contributed by atoms with E-state index >= 15 is 0 Å². The fourth-order valence-electron chi connectivity index (χ4n) is 2.43. The Morgan fingerprint density at radius 3 is 2.95 bits per heavy atom. The lowest BCUT2D eigenvalue weighted by atomic mass is 10.1. The number of carbonyl (C=O) groups is 1. The Kier molecular flexibility index (Phi) is 5.11. The van der Waals surface area contributed by atoms with E-state index in [4.69, 9.17) is 4.52 Å². The number of nitrogens with zero attached hydrogens (tertiary/aromatic N) is 3. The first-order valence-electron chi connectivity index (χ1n) is 7.41. The van der Waals surface area contributed by atoms with Crippen LogP contribution in [0.25, 0.3) is 0 Å². The fourth-order valence-corrected chi connectivity index (χ4v) is 2.43. The highest BCUT2D eigenvalue weighted by molar-refractivity contribution is 5.79. The molecule has 1 N–H and O–H groups in total. The first-order valence-corrected chi connectivity index (χ1v) is 7.41. The second kappa shape index (κ2) is 6.83. The smallest absolute Gasteiger partial charge is 0.227 e. The molecule has 1 aliphatic heterocycles. The number of amides is 1. The zero-order valence-corrected chi connectivity index (χ0v) is 12.6. The van der Waals surface area contributed by atoms with Gasteiger partial charge in [-0.1, -0.05) is 19.0 Å². The van der Waals surface area contributed by atoms with E-state index in [2.05, 4.69) is 29.3 Å². The lowest BCUT2D eigenvalue weighted by molar-refractivity contribution is -0.135. The van der Waals surface area contributed by atoms with Gasteiger partial charge in [0.2, 0.25) is 11.8 Å². The van der Waals surface area contributed by atoms with E-state index in [1.54, 1.807) is 0 Å².